The molecule has 2 rings (SSSR count). The summed E-state index contributed by atoms with van der Waals surface area (Å²) in [6, 6.07) is 15.7. The minimum absolute atomic E-state index is 0.444. The number of methoxy groups -OCH3 is 1. The van der Waals surface area contributed by atoms with Crippen molar-refractivity contribution in [2.45, 2.75) is 13.8 Å². The van der Waals surface area contributed by atoms with E-state index >= 15 is 0 Å². The SMILES string of the molecule is COc1ccccc1C(C)=NNC(=S)Nc1cccc(C)c1. The smallest absolute Gasteiger partial charge is 0.191 e. The Morgan fingerprint density at radius 2 is 1.91 bits per heavy atom. The van der Waals surface area contributed by atoms with Crippen LogP contribution in [0.15, 0.2) is 53.6 Å². The second kappa shape index (κ2) is 7.56. The summed E-state index contributed by atoms with van der Waals surface area (Å²) in [6.07, 6.45) is 0. The molecule has 114 valence electrons. The molecule has 0 fully saturated rings. The summed E-state index contributed by atoms with van der Waals surface area (Å²) in [5.74, 6) is 0.781. The fraction of sp³-hybridized carbons (Fsp3) is 0.176. The molecule has 0 aliphatic carbocycles. The van der Waals surface area contributed by atoms with Gasteiger partial charge in [-0.2, -0.15) is 5.10 Å². The van der Waals surface area contributed by atoms with Gasteiger partial charge in [-0.3, -0.25) is 5.43 Å². The molecular formula is C17H19N3OS. The van der Waals surface area contributed by atoms with Crippen molar-refractivity contribution in [3.05, 3.63) is 59.7 Å². The third-order valence-corrected chi connectivity index (χ3v) is 3.29. The van der Waals surface area contributed by atoms with Crippen LogP contribution in [-0.2, 0) is 0 Å². The number of thiocarbonyl (C=S) groups is 1. The van der Waals surface area contributed by atoms with Crippen LogP contribution >= 0.6 is 12.2 Å². The molecule has 2 N–H and O–H groups in total. The summed E-state index contributed by atoms with van der Waals surface area (Å²) in [4.78, 5) is 0. The van der Waals surface area contributed by atoms with Crippen LogP contribution in [0.5, 0.6) is 5.75 Å². The van der Waals surface area contributed by atoms with Crippen LogP contribution in [0.4, 0.5) is 5.69 Å². The first-order valence-corrected chi connectivity index (χ1v) is 7.32. The van der Waals surface area contributed by atoms with Crippen LogP contribution in [0.25, 0.3) is 0 Å². The molecule has 0 radical (unpaired) electrons. The lowest BCUT2D eigenvalue weighted by atomic mass is 10.1. The van der Waals surface area contributed by atoms with Gasteiger partial charge >= 0.3 is 0 Å². The second-order valence-electron chi connectivity index (χ2n) is 4.83. The molecule has 5 heteroatoms. The molecule has 0 spiro atoms. The number of rotatable bonds is 4. The Morgan fingerprint density at radius 3 is 2.64 bits per heavy atom. The topological polar surface area (TPSA) is 45.6 Å². The standard InChI is InChI=1S/C17H19N3OS/c1-12-7-6-8-14(11-12)18-17(22)20-19-13(2)15-9-4-5-10-16(15)21-3/h4-11H,1-3H3,(H2,18,20,22). The number of nitrogens with zero attached hydrogens (tertiary/aromatic N) is 1. The molecule has 22 heavy (non-hydrogen) atoms. The van der Waals surface area contributed by atoms with Crippen LogP contribution in [0.1, 0.15) is 18.1 Å². The van der Waals surface area contributed by atoms with Crippen molar-refractivity contribution in [2.75, 3.05) is 12.4 Å². The summed E-state index contributed by atoms with van der Waals surface area (Å²) >= 11 is 5.25. The maximum atomic E-state index is 5.33. The molecule has 0 saturated heterocycles. The monoisotopic (exact) mass is 313 g/mol. The van der Waals surface area contributed by atoms with E-state index in [1.807, 2.05) is 62.4 Å². The van der Waals surface area contributed by atoms with E-state index in [0.717, 1.165) is 22.7 Å². The van der Waals surface area contributed by atoms with Gasteiger partial charge in [-0.05, 0) is 55.9 Å². The minimum Gasteiger partial charge on any atom is -0.496 e. The number of nitrogens with one attached hydrogen (secondary N) is 2. The number of benzene rings is 2. The highest BCUT2D eigenvalue weighted by Gasteiger charge is 2.05. The highest BCUT2D eigenvalue weighted by atomic mass is 32.1. The number of ether oxygens (including phenoxy) is 1. The quantitative estimate of drug-likeness (QED) is 0.513. The lowest BCUT2D eigenvalue weighted by molar-refractivity contribution is 0.414. The number of hydrogen-bond donors (Lipinski definition) is 2. The van der Waals surface area contributed by atoms with Crippen LogP contribution in [0.2, 0.25) is 0 Å². The molecule has 0 atom stereocenters. The Kier molecular flexibility index (Phi) is 5.49. The first kappa shape index (κ1) is 16.0. The van der Waals surface area contributed by atoms with Crippen LogP contribution in [-0.4, -0.2) is 17.9 Å². The van der Waals surface area contributed by atoms with Gasteiger partial charge < -0.3 is 10.1 Å². The molecule has 0 bridgehead atoms. The zero-order valence-corrected chi connectivity index (χ0v) is 13.7. The van der Waals surface area contributed by atoms with Crippen LogP contribution in [0.3, 0.4) is 0 Å². The van der Waals surface area contributed by atoms with Crippen LogP contribution in [0, 0.1) is 6.92 Å². The summed E-state index contributed by atoms with van der Waals surface area (Å²) in [5.41, 5.74) is 6.68. The van der Waals surface area contributed by atoms with Crippen molar-refractivity contribution in [3.8, 4) is 5.75 Å². The summed E-state index contributed by atoms with van der Waals surface area (Å²) in [6.45, 7) is 3.94. The van der Waals surface area contributed by atoms with E-state index in [1.165, 1.54) is 5.56 Å². The molecule has 4 nitrogen and oxygen atoms in total. The predicted molar refractivity (Wildman–Crippen MR) is 95.7 cm³/mol. The number of para-hydroxylation sites is 1. The Morgan fingerprint density at radius 1 is 1.14 bits per heavy atom. The molecule has 2 aromatic rings. The third kappa shape index (κ3) is 4.30. The van der Waals surface area contributed by atoms with E-state index in [1.54, 1.807) is 7.11 Å². The molecule has 0 heterocycles. The third-order valence-electron chi connectivity index (χ3n) is 3.10. The van der Waals surface area contributed by atoms with Crippen LogP contribution < -0.4 is 15.5 Å². The Balaban J connectivity index is 2.02. The van der Waals surface area contributed by atoms with Crippen molar-refractivity contribution in [3.63, 3.8) is 0 Å². The maximum Gasteiger partial charge on any atom is 0.191 e. The van der Waals surface area contributed by atoms with Gasteiger partial charge in [0, 0.05) is 11.3 Å². The summed E-state index contributed by atoms with van der Waals surface area (Å²) in [5, 5.41) is 7.85. The normalized spacial score (nSPS) is 11.0. The number of hydrogen-bond acceptors (Lipinski definition) is 3. The first-order valence-electron chi connectivity index (χ1n) is 6.91. The fourth-order valence-electron chi connectivity index (χ4n) is 2.02. The molecule has 0 aliphatic heterocycles. The van der Waals surface area contributed by atoms with Crippen molar-refractivity contribution < 1.29 is 4.74 Å². The van der Waals surface area contributed by atoms with Crippen molar-refractivity contribution in [1.29, 1.82) is 0 Å². The number of aryl methyl sites for hydroxylation is 1. The number of anilines is 1. The number of hydrazone groups is 1. The average molecular weight is 313 g/mol. The summed E-state index contributed by atoms with van der Waals surface area (Å²) < 4.78 is 5.33. The molecule has 0 amide bonds. The van der Waals surface area contributed by atoms with Crippen molar-refractivity contribution >= 4 is 28.7 Å². The van der Waals surface area contributed by atoms with Crippen molar-refractivity contribution in [2.24, 2.45) is 5.10 Å². The van der Waals surface area contributed by atoms with E-state index in [2.05, 4.69) is 15.8 Å². The van der Waals surface area contributed by atoms with Gasteiger partial charge in [0.25, 0.3) is 0 Å². The highest BCUT2D eigenvalue weighted by Crippen LogP contribution is 2.17. The molecular weight excluding hydrogens is 294 g/mol. The van der Waals surface area contributed by atoms with E-state index < -0.39 is 0 Å². The van der Waals surface area contributed by atoms with E-state index in [4.69, 9.17) is 17.0 Å². The van der Waals surface area contributed by atoms with Gasteiger partial charge in [-0.15, -0.1) is 0 Å². The minimum atomic E-state index is 0.444. The average Bonchev–Trinajstić information content (AvgIpc) is 2.52. The predicted octanol–water partition coefficient (Wildman–Crippen LogP) is 3.71. The molecule has 0 aliphatic rings. The van der Waals surface area contributed by atoms with Gasteiger partial charge in [0.2, 0.25) is 0 Å². The molecule has 0 saturated carbocycles. The zero-order valence-electron chi connectivity index (χ0n) is 12.9. The van der Waals surface area contributed by atoms with Gasteiger partial charge in [-0.1, -0.05) is 24.3 Å². The van der Waals surface area contributed by atoms with Gasteiger partial charge in [0.1, 0.15) is 5.75 Å². The van der Waals surface area contributed by atoms with E-state index in [9.17, 15) is 0 Å². The van der Waals surface area contributed by atoms with Crippen molar-refractivity contribution in [1.82, 2.24) is 5.43 Å². The largest absolute Gasteiger partial charge is 0.496 e. The molecule has 2 aromatic carbocycles. The van der Waals surface area contributed by atoms with E-state index in [0.29, 0.717) is 5.11 Å². The lowest BCUT2D eigenvalue weighted by Crippen LogP contribution is -2.25. The fourth-order valence-corrected chi connectivity index (χ4v) is 2.18. The highest BCUT2D eigenvalue weighted by molar-refractivity contribution is 7.80. The van der Waals surface area contributed by atoms with Gasteiger partial charge in [0.15, 0.2) is 5.11 Å². The first-order chi connectivity index (χ1) is 10.6. The Hall–Kier alpha value is -2.40. The maximum absolute atomic E-state index is 5.33. The van der Waals surface area contributed by atoms with Gasteiger partial charge in [0.05, 0.1) is 12.8 Å². The van der Waals surface area contributed by atoms with Gasteiger partial charge in [-0.25, -0.2) is 0 Å². The second-order valence-corrected chi connectivity index (χ2v) is 5.24. The molecule has 0 aromatic heterocycles. The molecule has 0 unspecified atom stereocenters. The lowest BCUT2D eigenvalue weighted by Gasteiger charge is -2.10. The Bertz CT molecular complexity index is 698. The summed E-state index contributed by atoms with van der Waals surface area (Å²) in [7, 11) is 1.64. The Labute approximate surface area is 136 Å². The zero-order chi connectivity index (χ0) is 15.9. The van der Waals surface area contributed by atoms with E-state index in [-0.39, 0.29) is 0 Å².